The van der Waals surface area contributed by atoms with Gasteiger partial charge in [0.25, 0.3) is 5.91 Å². The number of amides is 2. The molecule has 31 heavy (non-hydrogen) atoms. The van der Waals surface area contributed by atoms with Crippen LogP contribution in [0.2, 0.25) is 0 Å². The van der Waals surface area contributed by atoms with Crippen molar-refractivity contribution >= 4 is 18.0 Å². The highest BCUT2D eigenvalue weighted by molar-refractivity contribution is 5.93. The molecule has 1 saturated heterocycles. The molecule has 0 radical (unpaired) electrons. The highest BCUT2D eigenvalue weighted by Gasteiger charge is 2.30. The second-order valence-corrected chi connectivity index (χ2v) is 9.03. The Morgan fingerprint density at radius 1 is 1.16 bits per heavy atom. The molecule has 8 heteroatoms. The largest absolute Gasteiger partial charge is 0.444 e. The fraction of sp³-hybridized carbons (Fsp3) is 0.609. The molecule has 0 aromatic heterocycles. The summed E-state index contributed by atoms with van der Waals surface area (Å²) in [5, 5.41) is 6.62. The summed E-state index contributed by atoms with van der Waals surface area (Å²) in [4.78, 5) is 32.2. The molecular formula is C23H37N5O3. The van der Waals surface area contributed by atoms with Gasteiger partial charge in [0.05, 0.1) is 6.04 Å². The van der Waals surface area contributed by atoms with Crippen molar-refractivity contribution in [2.75, 3.05) is 34.2 Å². The summed E-state index contributed by atoms with van der Waals surface area (Å²) < 4.78 is 5.57. The third kappa shape index (κ3) is 7.77. The van der Waals surface area contributed by atoms with Gasteiger partial charge in [0, 0.05) is 46.3 Å². The maximum atomic E-state index is 12.6. The molecular weight excluding hydrogens is 394 g/mol. The minimum absolute atomic E-state index is 0.0148. The number of hydrogen-bond donors (Lipinski definition) is 2. The average Bonchev–Trinajstić information content (AvgIpc) is 2.72. The maximum absolute atomic E-state index is 12.6. The lowest BCUT2D eigenvalue weighted by atomic mass is 10.0. The Morgan fingerprint density at radius 2 is 1.84 bits per heavy atom. The van der Waals surface area contributed by atoms with Gasteiger partial charge in [-0.2, -0.15) is 0 Å². The van der Waals surface area contributed by atoms with E-state index in [0.717, 1.165) is 24.8 Å². The molecule has 1 aromatic carbocycles. The minimum Gasteiger partial charge on any atom is -0.444 e. The number of guanidine groups is 1. The summed E-state index contributed by atoms with van der Waals surface area (Å²) in [7, 11) is 5.20. The molecule has 1 heterocycles. The van der Waals surface area contributed by atoms with Gasteiger partial charge in [0.15, 0.2) is 5.96 Å². The number of carbonyl (C=O) groups is 2. The molecule has 1 aromatic rings. The van der Waals surface area contributed by atoms with E-state index < -0.39 is 5.60 Å². The molecule has 2 N–H and O–H groups in total. The number of nitrogens with one attached hydrogen (secondary N) is 2. The van der Waals surface area contributed by atoms with Crippen LogP contribution in [0.1, 0.15) is 56.0 Å². The number of hydrogen-bond acceptors (Lipinski definition) is 4. The van der Waals surface area contributed by atoms with Crippen LogP contribution in [0, 0.1) is 0 Å². The van der Waals surface area contributed by atoms with Crippen LogP contribution in [0.25, 0.3) is 0 Å². The Hall–Kier alpha value is -2.77. The van der Waals surface area contributed by atoms with Crippen molar-refractivity contribution in [3.63, 3.8) is 0 Å². The third-order valence-electron chi connectivity index (χ3n) is 5.05. The van der Waals surface area contributed by atoms with Gasteiger partial charge in [-0.25, -0.2) is 4.79 Å². The van der Waals surface area contributed by atoms with Crippen LogP contribution in [0.5, 0.6) is 0 Å². The highest BCUT2D eigenvalue weighted by atomic mass is 16.6. The number of carbonyl (C=O) groups excluding carboxylic acids is 2. The Morgan fingerprint density at radius 3 is 2.42 bits per heavy atom. The molecule has 1 aliphatic heterocycles. The summed E-state index contributed by atoms with van der Waals surface area (Å²) in [6.45, 7) is 7.56. The number of aliphatic imine (C=N–C) groups is 1. The van der Waals surface area contributed by atoms with E-state index in [1.165, 1.54) is 0 Å². The van der Waals surface area contributed by atoms with E-state index in [1.54, 1.807) is 26.0 Å². The molecule has 8 nitrogen and oxygen atoms in total. The zero-order valence-corrected chi connectivity index (χ0v) is 19.7. The van der Waals surface area contributed by atoms with E-state index in [1.807, 2.05) is 49.9 Å². The molecule has 0 bridgehead atoms. The van der Waals surface area contributed by atoms with Crippen molar-refractivity contribution in [2.45, 2.75) is 58.2 Å². The van der Waals surface area contributed by atoms with Gasteiger partial charge >= 0.3 is 6.09 Å². The summed E-state index contributed by atoms with van der Waals surface area (Å²) in [5.41, 5.74) is 1.21. The summed E-state index contributed by atoms with van der Waals surface area (Å²) in [6, 6.07) is 7.59. The van der Waals surface area contributed by atoms with E-state index in [-0.39, 0.29) is 18.0 Å². The third-order valence-corrected chi connectivity index (χ3v) is 5.05. The SMILES string of the molecule is CN=C(NCc1ccc(C(=O)N(C)C)cc1)NCC1CCCCN1C(=O)OC(C)(C)C. The van der Waals surface area contributed by atoms with Crippen LogP contribution in [0.15, 0.2) is 29.3 Å². The van der Waals surface area contributed by atoms with Gasteiger partial charge in [-0.15, -0.1) is 0 Å². The summed E-state index contributed by atoms with van der Waals surface area (Å²) >= 11 is 0. The minimum atomic E-state index is -0.503. The van der Waals surface area contributed by atoms with Crippen LogP contribution in [0.4, 0.5) is 4.79 Å². The lowest BCUT2D eigenvalue weighted by molar-refractivity contribution is 0.0104. The van der Waals surface area contributed by atoms with Gasteiger partial charge < -0.3 is 25.2 Å². The number of ether oxygens (including phenoxy) is 1. The fourth-order valence-electron chi connectivity index (χ4n) is 3.42. The first kappa shape index (κ1) is 24.5. The van der Waals surface area contributed by atoms with Crippen molar-refractivity contribution in [1.82, 2.24) is 20.4 Å². The number of benzene rings is 1. The van der Waals surface area contributed by atoms with Crippen LogP contribution in [-0.2, 0) is 11.3 Å². The summed E-state index contributed by atoms with van der Waals surface area (Å²) in [6.07, 6.45) is 2.77. The van der Waals surface area contributed by atoms with E-state index in [4.69, 9.17) is 4.74 Å². The van der Waals surface area contributed by atoms with Gasteiger partial charge in [-0.1, -0.05) is 12.1 Å². The number of likely N-dealkylation sites (tertiary alicyclic amines) is 1. The van der Waals surface area contributed by atoms with Crippen molar-refractivity contribution in [1.29, 1.82) is 0 Å². The fourth-order valence-corrected chi connectivity index (χ4v) is 3.42. The van der Waals surface area contributed by atoms with E-state index in [9.17, 15) is 9.59 Å². The normalized spacial score (nSPS) is 17.2. The van der Waals surface area contributed by atoms with Crippen molar-refractivity contribution in [3.05, 3.63) is 35.4 Å². The van der Waals surface area contributed by atoms with E-state index in [0.29, 0.717) is 31.2 Å². The topological polar surface area (TPSA) is 86.3 Å². The van der Waals surface area contributed by atoms with Crippen LogP contribution >= 0.6 is 0 Å². The lowest BCUT2D eigenvalue weighted by Crippen LogP contribution is -2.52. The van der Waals surface area contributed by atoms with Crippen LogP contribution in [-0.4, -0.2) is 73.6 Å². The Kier molecular flexibility index (Phi) is 8.71. The van der Waals surface area contributed by atoms with E-state index in [2.05, 4.69) is 15.6 Å². The van der Waals surface area contributed by atoms with Crippen LogP contribution in [0.3, 0.4) is 0 Å². The Labute approximate surface area is 186 Å². The zero-order chi connectivity index (χ0) is 23.0. The molecule has 1 atom stereocenters. The molecule has 0 aliphatic carbocycles. The van der Waals surface area contributed by atoms with Crippen LogP contribution < -0.4 is 10.6 Å². The molecule has 2 amide bonds. The first-order valence-corrected chi connectivity index (χ1v) is 10.9. The second kappa shape index (κ2) is 11.0. The van der Waals surface area contributed by atoms with Crippen molar-refractivity contribution in [2.24, 2.45) is 4.99 Å². The quantitative estimate of drug-likeness (QED) is 0.553. The van der Waals surface area contributed by atoms with Crippen molar-refractivity contribution in [3.8, 4) is 0 Å². The number of rotatable bonds is 5. The number of nitrogens with zero attached hydrogens (tertiary/aromatic N) is 3. The predicted octanol–water partition coefficient (Wildman–Crippen LogP) is 2.84. The first-order chi connectivity index (χ1) is 14.6. The standard InChI is InChI=1S/C23H37N5O3/c1-23(2,3)31-22(30)28-14-8-7-9-19(28)16-26-21(24-4)25-15-17-10-12-18(13-11-17)20(29)27(5)6/h10-13,19H,7-9,14-16H2,1-6H3,(H2,24,25,26). The van der Waals surface area contributed by atoms with Gasteiger partial charge in [0.1, 0.15) is 5.60 Å². The van der Waals surface area contributed by atoms with Crippen molar-refractivity contribution < 1.29 is 14.3 Å². The molecule has 1 fully saturated rings. The van der Waals surface area contributed by atoms with Gasteiger partial charge in [-0.3, -0.25) is 9.79 Å². The second-order valence-electron chi connectivity index (χ2n) is 9.03. The number of piperidine rings is 1. The molecule has 1 unspecified atom stereocenters. The molecule has 1 aliphatic rings. The Bertz CT molecular complexity index is 768. The molecule has 0 saturated carbocycles. The zero-order valence-electron chi connectivity index (χ0n) is 19.7. The first-order valence-electron chi connectivity index (χ1n) is 10.9. The van der Waals surface area contributed by atoms with Gasteiger partial charge in [-0.05, 0) is 57.7 Å². The predicted molar refractivity (Wildman–Crippen MR) is 123 cm³/mol. The molecule has 2 rings (SSSR count). The molecule has 172 valence electrons. The van der Waals surface area contributed by atoms with E-state index >= 15 is 0 Å². The lowest BCUT2D eigenvalue weighted by Gasteiger charge is -2.37. The monoisotopic (exact) mass is 431 g/mol. The smallest absolute Gasteiger partial charge is 0.410 e. The highest BCUT2D eigenvalue weighted by Crippen LogP contribution is 2.20. The molecule has 0 spiro atoms. The maximum Gasteiger partial charge on any atom is 0.410 e. The summed E-state index contributed by atoms with van der Waals surface area (Å²) in [5.74, 6) is 0.655. The van der Waals surface area contributed by atoms with Gasteiger partial charge in [0.2, 0.25) is 0 Å². The average molecular weight is 432 g/mol. The Balaban J connectivity index is 1.88.